The van der Waals surface area contributed by atoms with Crippen LogP contribution in [0, 0.1) is 0 Å². The number of alkyl halides is 3. The van der Waals surface area contributed by atoms with Gasteiger partial charge in [0.1, 0.15) is 25.0 Å². The van der Waals surface area contributed by atoms with Crippen LogP contribution in [0.1, 0.15) is 0 Å². The van der Waals surface area contributed by atoms with Gasteiger partial charge in [-0.15, -0.1) is 0 Å². The Kier molecular flexibility index (Phi) is 2.92. The molecule has 0 aromatic carbocycles. The van der Waals surface area contributed by atoms with E-state index in [1.807, 2.05) is 0 Å². The van der Waals surface area contributed by atoms with E-state index in [-0.39, 0.29) is 0 Å². The van der Waals surface area contributed by atoms with Crippen LogP contribution in [-0.4, -0.2) is 47.7 Å². The van der Waals surface area contributed by atoms with E-state index in [4.69, 9.17) is 10.2 Å². The summed E-state index contributed by atoms with van der Waals surface area (Å²) in [6, 6.07) is 0. The van der Waals surface area contributed by atoms with Gasteiger partial charge in [-0.2, -0.15) is 0 Å². The Morgan fingerprint density at radius 2 is 1.75 bits per heavy atom. The summed E-state index contributed by atoms with van der Waals surface area (Å²) in [5.41, 5.74) is 0. The van der Waals surface area contributed by atoms with Crippen LogP contribution in [0.4, 0.5) is 13.2 Å². The predicted octanol–water partition coefficient (Wildman–Crippen LogP) is -0.290. The molecule has 0 aliphatic carbocycles. The van der Waals surface area contributed by atoms with Crippen molar-refractivity contribution in [3.8, 4) is 0 Å². The Balaban J connectivity index is 2.63. The number of aliphatic hydroxyl groups is 2. The zero-order valence-electron chi connectivity index (χ0n) is 6.03. The van der Waals surface area contributed by atoms with Gasteiger partial charge in [0.15, 0.2) is 6.17 Å². The van der Waals surface area contributed by atoms with Crippen LogP contribution in [0.3, 0.4) is 0 Å². The molecule has 0 bridgehead atoms. The molecule has 5 atom stereocenters. The zero-order chi connectivity index (χ0) is 9.30. The quantitative estimate of drug-likeness (QED) is 0.591. The summed E-state index contributed by atoms with van der Waals surface area (Å²) in [6.07, 6.45) is -9.81. The fraction of sp³-hybridized carbons (Fsp3) is 1.00. The average molecular weight is 186 g/mol. The Labute approximate surface area is 66.8 Å². The van der Waals surface area contributed by atoms with Crippen LogP contribution >= 0.6 is 0 Å². The molecule has 2 N–H and O–H groups in total. The van der Waals surface area contributed by atoms with Crippen molar-refractivity contribution in [1.82, 2.24) is 0 Å². The molecule has 1 rings (SSSR count). The van der Waals surface area contributed by atoms with Crippen molar-refractivity contribution in [1.29, 1.82) is 0 Å². The highest BCUT2D eigenvalue weighted by Crippen LogP contribution is 2.24. The highest BCUT2D eigenvalue weighted by atomic mass is 19.2. The molecule has 1 heterocycles. The molecule has 72 valence electrons. The van der Waals surface area contributed by atoms with E-state index in [0.29, 0.717) is 0 Å². The molecule has 1 saturated heterocycles. The maximum Gasteiger partial charge on any atom is 0.233 e. The Morgan fingerprint density at radius 1 is 1.17 bits per heavy atom. The first-order chi connectivity index (χ1) is 5.57. The largest absolute Gasteiger partial charge is 0.387 e. The lowest BCUT2D eigenvalue weighted by Gasteiger charge is -2.34. The van der Waals surface area contributed by atoms with Crippen LogP contribution in [0.25, 0.3) is 0 Å². The fourth-order valence-corrected chi connectivity index (χ4v) is 1.01. The fourth-order valence-electron chi connectivity index (χ4n) is 1.01. The van der Waals surface area contributed by atoms with Gasteiger partial charge >= 0.3 is 0 Å². The first kappa shape index (κ1) is 9.76. The van der Waals surface area contributed by atoms with E-state index in [2.05, 4.69) is 4.74 Å². The molecule has 3 nitrogen and oxygen atoms in total. The molecule has 0 radical (unpaired) electrons. The molecule has 1 aliphatic heterocycles. The van der Waals surface area contributed by atoms with E-state index in [1.54, 1.807) is 0 Å². The zero-order valence-corrected chi connectivity index (χ0v) is 6.03. The summed E-state index contributed by atoms with van der Waals surface area (Å²) in [6.45, 7) is -1.16. The Hall–Kier alpha value is -0.330. The predicted molar refractivity (Wildman–Crippen MR) is 32.7 cm³/mol. The third-order valence-electron chi connectivity index (χ3n) is 1.76. The summed E-state index contributed by atoms with van der Waals surface area (Å²) in [4.78, 5) is 0. The maximum absolute atomic E-state index is 12.5. The molecule has 0 aromatic heterocycles. The van der Waals surface area contributed by atoms with Gasteiger partial charge in [0.2, 0.25) is 6.36 Å². The second kappa shape index (κ2) is 3.59. The van der Waals surface area contributed by atoms with Crippen LogP contribution in [0.15, 0.2) is 0 Å². The molecular formula is C6H9F3O3. The highest BCUT2D eigenvalue weighted by Gasteiger charge is 2.45. The van der Waals surface area contributed by atoms with Crippen molar-refractivity contribution in [2.45, 2.75) is 30.8 Å². The number of hydrogen-bond donors (Lipinski definition) is 2. The van der Waals surface area contributed by atoms with E-state index >= 15 is 0 Å². The van der Waals surface area contributed by atoms with Crippen molar-refractivity contribution in [3.05, 3.63) is 0 Å². The summed E-state index contributed by atoms with van der Waals surface area (Å²) >= 11 is 0. The summed E-state index contributed by atoms with van der Waals surface area (Å²) in [5.74, 6) is 0. The smallest absolute Gasteiger partial charge is 0.233 e. The molecule has 0 unspecified atom stereocenters. The van der Waals surface area contributed by atoms with Gasteiger partial charge in [0.05, 0.1) is 0 Å². The van der Waals surface area contributed by atoms with Crippen LogP contribution in [0.5, 0.6) is 0 Å². The number of halogens is 3. The minimum absolute atomic E-state index is 1.16. The van der Waals surface area contributed by atoms with Crippen LogP contribution in [-0.2, 0) is 4.74 Å². The topological polar surface area (TPSA) is 49.7 Å². The minimum atomic E-state index is -2.37. The summed E-state index contributed by atoms with van der Waals surface area (Å²) in [5, 5.41) is 17.7. The first-order valence-electron chi connectivity index (χ1n) is 3.43. The highest BCUT2D eigenvalue weighted by molar-refractivity contribution is 4.88. The Morgan fingerprint density at radius 3 is 2.25 bits per heavy atom. The van der Waals surface area contributed by atoms with Gasteiger partial charge in [0, 0.05) is 0 Å². The second-order valence-corrected chi connectivity index (χ2v) is 2.61. The van der Waals surface area contributed by atoms with Crippen LogP contribution in [0.2, 0.25) is 0 Å². The van der Waals surface area contributed by atoms with Crippen molar-refractivity contribution >= 4 is 0 Å². The van der Waals surface area contributed by atoms with E-state index in [1.165, 1.54) is 0 Å². The first-order valence-corrected chi connectivity index (χ1v) is 3.43. The molecule has 6 heteroatoms. The van der Waals surface area contributed by atoms with E-state index in [0.717, 1.165) is 0 Å². The molecule has 1 aliphatic rings. The lowest BCUT2D eigenvalue weighted by Crippen LogP contribution is -2.55. The number of aliphatic hydroxyl groups excluding tert-OH is 2. The molecule has 1 fully saturated rings. The van der Waals surface area contributed by atoms with Crippen molar-refractivity contribution < 1.29 is 28.1 Å². The monoisotopic (exact) mass is 186 g/mol. The van der Waals surface area contributed by atoms with Gasteiger partial charge < -0.3 is 14.9 Å². The molecule has 0 spiro atoms. The van der Waals surface area contributed by atoms with Crippen molar-refractivity contribution in [2.24, 2.45) is 0 Å². The SMILES string of the molecule is O[C@H]1[C@H](O)[C@@H](CF)O[C@@H](F)[C@@H]1F. The Bertz CT molecular complexity index is 152. The standard InChI is InChI=1S/C6H9F3O3/c7-1-2-4(10)5(11)3(8)6(9)12-2/h2-6,10-11H,1H2/t2-,3-,4-,5-,6-/m1/s1. The summed E-state index contributed by atoms with van der Waals surface area (Å²) in [7, 11) is 0. The van der Waals surface area contributed by atoms with Gasteiger partial charge in [-0.3, -0.25) is 0 Å². The number of hydrogen-bond acceptors (Lipinski definition) is 3. The molecular weight excluding hydrogens is 177 g/mol. The number of ether oxygens (including phenoxy) is 1. The van der Waals surface area contributed by atoms with Crippen LogP contribution < -0.4 is 0 Å². The van der Waals surface area contributed by atoms with Gasteiger partial charge in [-0.05, 0) is 0 Å². The third kappa shape index (κ3) is 1.55. The van der Waals surface area contributed by atoms with Gasteiger partial charge in [0.25, 0.3) is 0 Å². The van der Waals surface area contributed by atoms with Gasteiger partial charge in [-0.1, -0.05) is 0 Å². The average Bonchev–Trinajstić information content (AvgIpc) is 2.08. The molecule has 0 amide bonds. The second-order valence-electron chi connectivity index (χ2n) is 2.61. The van der Waals surface area contributed by atoms with E-state index in [9.17, 15) is 13.2 Å². The normalized spacial score (nSPS) is 49.2. The maximum atomic E-state index is 12.5. The number of rotatable bonds is 1. The summed E-state index contributed by atoms with van der Waals surface area (Å²) < 4.78 is 40.9. The van der Waals surface area contributed by atoms with Gasteiger partial charge in [-0.25, -0.2) is 13.2 Å². The van der Waals surface area contributed by atoms with E-state index < -0.39 is 37.5 Å². The molecule has 0 aromatic rings. The minimum Gasteiger partial charge on any atom is -0.387 e. The molecule has 0 saturated carbocycles. The molecule has 12 heavy (non-hydrogen) atoms. The van der Waals surface area contributed by atoms with Crippen molar-refractivity contribution in [3.63, 3.8) is 0 Å². The lowest BCUT2D eigenvalue weighted by molar-refractivity contribution is -0.242. The lowest BCUT2D eigenvalue weighted by atomic mass is 10.0. The van der Waals surface area contributed by atoms with Crippen molar-refractivity contribution in [2.75, 3.05) is 6.67 Å². The third-order valence-corrected chi connectivity index (χ3v) is 1.76.